The van der Waals surface area contributed by atoms with Crippen LogP contribution in [0.25, 0.3) is 0 Å². The van der Waals surface area contributed by atoms with Crippen molar-refractivity contribution >= 4 is 11.8 Å². The highest BCUT2D eigenvalue weighted by atomic mass is 16.2. The third-order valence-electron chi connectivity index (χ3n) is 5.47. The smallest absolute Gasteiger partial charge is 0.242 e. The van der Waals surface area contributed by atoms with Crippen molar-refractivity contribution in [1.29, 1.82) is 0 Å². The lowest BCUT2D eigenvalue weighted by atomic mass is 10.1. The van der Waals surface area contributed by atoms with E-state index in [1.54, 1.807) is 11.8 Å². The van der Waals surface area contributed by atoms with Gasteiger partial charge in [-0.05, 0) is 18.4 Å². The number of hydrogen-bond acceptors (Lipinski definition) is 4. The average molecular weight is 358 g/mol. The van der Waals surface area contributed by atoms with Crippen LogP contribution in [-0.4, -0.2) is 84.9 Å². The van der Waals surface area contributed by atoms with Crippen LogP contribution in [0.2, 0.25) is 0 Å². The number of rotatable bonds is 6. The van der Waals surface area contributed by atoms with Crippen LogP contribution in [0.3, 0.4) is 0 Å². The van der Waals surface area contributed by atoms with Crippen molar-refractivity contribution in [3.8, 4) is 0 Å². The Balaban J connectivity index is 1.49. The highest BCUT2D eigenvalue weighted by Gasteiger charge is 2.31. The summed E-state index contributed by atoms with van der Waals surface area (Å²) in [5.74, 6) is 0.0398. The summed E-state index contributed by atoms with van der Waals surface area (Å²) in [6.07, 6.45) is 1.81. The molecule has 142 valence electrons. The standard InChI is InChI=1S/C20H30N4O2/c1-17(25)23(11-7-18-5-3-2-4-6-18)16-20(26)24-12-8-19(15-24)22-13-9-21-10-14-22/h2-6,19,21H,7-16H2,1H3. The van der Waals surface area contributed by atoms with Gasteiger partial charge >= 0.3 is 0 Å². The van der Waals surface area contributed by atoms with Gasteiger partial charge in [0.2, 0.25) is 11.8 Å². The topological polar surface area (TPSA) is 55.9 Å². The zero-order valence-electron chi connectivity index (χ0n) is 15.7. The fourth-order valence-electron chi connectivity index (χ4n) is 3.83. The summed E-state index contributed by atoms with van der Waals surface area (Å²) in [4.78, 5) is 30.8. The molecule has 2 aliphatic heterocycles. The molecule has 1 N–H and O–H groups in total. The minimum atomic E-state index is -0.0351. The number of carbonyl (C=O) groups excluding carboxylic acids is 2. The number of amides is 2. The largest absolute Gasteiger partial charge is 0.340 e. The Morgan fingerprint density at radius 2 is 1.88 bits per heavy atom. The second-order valence-electron chi connectivity index (χ2n) is 7.24. The summed E-state index contributed by atoms with van der Waals surface area (Å²) in [5.41, 5.74) is 1.19. The van der Waals surface area contributed by atoms with Crippen LogP contribution >= 0.6 is 0 Å². The summed E-state index contributed by atoms with van der Waals surface area (Å²) in [7, 11) is 0. The van der Waals surface area contributed by atoms with Gasteiger partial charge in [-0.1, -0.05) is 30.3 Å². The first-order valence-corrected chi connectivity index (χ1v) is 9.65. The summed E-state index contributed by atoms with van der Waals surface area (Å²) < 4.78 is 0. The lowest BCUT2D eigenvalue weighted by Crippen LogP contribution is -2.50. The van der Waals surface area contributed by atoms with E-state index in [0.29, 0.717) is 12.6 Å². The van der Waals surface area contributed by atoms with E-state index < -0.39 is 0 Å². The Labute approximate surface area is 156 Å². The van der Waals surface area contributed by atoms with Crippen molar-refractivity contribution in [2.24, 2.45) is 0 Å². The Hall–Kier alpha value is -1.92. The second kappa shape index (κ2) is 9.14. The molecule has 0 saturated carbocycles. The predicted molar refractivity (Wildman–Crippen MR) is 102 cm³/mol. The highest BCUT2D eigenvalue weighted by Crippen LogP contribution is 2.16. The first-order chi connectivity index (χ1) is 12.6. The van der Waals surface area contributed by atoms with Crippen LogP contribution < -0.4 is 5.32 Å². The van der Waals surface area contributed by atoms with Gasteiger partial charge in [-0.25, -0.2) is 0 Å². The summed E-state index contributed by atoms with van der Waals surface area (Å²) in [6, 6.07) is 10.6. The third kappa shape index (κ3) is 5.05. The lowest BCUT2D eigenvalue weighted by Gasteiger charge is -2.32. The first kappa shape index (κ1) is 18.9. The van der Waals surface area contributed by atoms with E-state index in [1.807, 2.05) is 23.1 Å². The molecule has 1 atom stereocenters. The van der Waals surface area contributed by atoms with Gasteiger partial charge < -0.3 is 15.1 Å². The molecule has 2 saturated heterocycles. The fourth-order valence-corrected chi connectivity index (χ4v) is 3.83. The maximum absolute atomic E-state index is 12.7. The minimum Gasteiger partial charge on any atom is -0.340 e. The average Bonchev–Trinajstić information content (AvgIpc) is 3.16. The van der Waals surface area contributed by atoms with Gasteiger partial charge in [0.1, 0.15) is 0 Å². The van der Waals surface area contributed by atoms with Crippen molar-refractivity contribution < 1.29 is 9.59 Å². The van der Waals surface area contributed by atoms with E-state index in [9.17, 15) is 9.59 Å². The molecule has 0 aromatic heterocycles. The zero-order valence-corrected chi connectivity index (χ0v) is 15.7. The van der Waals surface area contributed by atoms with Crippen LogP contribution in [0.5, 0.6) is 0 Å². The Morgan fingerprint density at radius 1 is 1.15 bits per heavy atom. The third-order valence-corrected chi connectivity index (χ3v) is 5.47. The normalized spacial score (nSPS) is 21.0. The van der Waals surface area contributed by atoms with Gasteiger partial charge in [0.15, 0.2) is 0 Å². The van der Waals surface area contributed by atoms with Crippen LogP contribution in [0.1, 0.15) is 18.9 Å². The number of hydrogen-bond donors (Lipinski definition) is 1. The quantitative estimate of drug-likeness (QED) is 0.808. The van der Waals surface area contributed by atoms with E-state index in [0.717, 1.165) is 52.1 Å². The number of benzene rings is 1. The van der Waals surface area contributed by atoms with Crippen molar-refractivity contribution in [2.45, 2.75) is 25.8 Å². The molecule has 26 heavy (non-hydrogen) atoms. The van der Waals surface area contributed by atoms with Crippen LogP contribution in [0.4, 0.5) is 0 Å². The number of likely N-dealkylation sites (tertiary alicyclic amines) is 1. The van der Waals surface area contributed by atoms with Gasteiger partial charge in [-0.15, -0.1) is 0 Å². The number of carbonyl (C=O) groups is 2. The number of nitrogens with one attached hydrogen (secondary N) is 1. The Kier molecular flexibility index (Phi) is 6.63. The van der Waals surface area contributed by atoms with Crippen LogP contribution in [0, 0.1) is 0 Å². The molecule has 1 aromatic rings. The van der Waals surface area contributed by atoms with E-state index in [2.05, 4.69) is 22.3 Å². The van der Waals surface area contributed by atoms with Gasteiger partial charge in [0.05, 0.1) is 6.54 Å². The molecular weight excluding hydrogens is 328 g/mol. The molecule has 2 amide bonds. The summed E-state index contributed by atoms with van der Waals surface area (Å²) in [5, 5.41) is 3.37. The van der Waals surface area contributed by atoms with E-state index in [-0.39, 0.29) is 18.4 Å². The van der Waals surface area contributed by atoms with Crippen molar-refractivity contribution in [1.82, 2.24) is 20.0 Å². The van der Waals surface area contributed by atoms with Crippen molar-refractivity contribution in [3.05, 3.63) is 35.9 Å². The van der Waals surface area contributed by atoms with E-state index in [1.165, 1.54) is 5.56 Å². The number of nitrogens with zero attached hydrogens (tertiary/aromatic N) is 3. The van der Waals surface area contributed by atoms with Gasteiger partial charge in [0.25, 0.3) is 0 Å². The fraction of sp³-hybridized carbons (Fsp3) is 0.600. The molecule has 2 heterocycles. The maximum Gasteiger partial charge on any atom is 0.242 e. The van der Waals surface area contributed by atoms with Crippen molar-refractivity contribution in [3.63, 3.8) is 0 Å². The maximum atomic E-state index is 12.7. The second-order valence-corrected chi connectivity index (χ2v) is 7.24. The first-order valence-electron chi connectivity index (χ1n) is 9.65. The monoisotopic (exact) mass is 358 g/mol. The molecule has 3 rings (SSSR count). The van der Waals surface area contributed by atoms with Gasteiger partial charge in [0, 0.05) is 58.8 Å². The van der Waals surface area contributed by atoms with E-state index >= 15 is 0 Å². The van der Waals surface area contributed by atoms with Crippen LogP contribution in [0.15, 0.2) is 30.3 Å². The molecule has 2 fully saturated rings. The molecule has 0 radical (unpaired) electrons. The molecular formula is C20H30N4O2. The molecule has 2 aliphatic rings. The molecule has 6 heteroatoms. The molecule has 6 nitrogen and oxygen atoms in total. The molecule has 1 unspecified atom stereocenters. The molecule has 0 bridgehead atoms. The summed E-state index contributed by atoms with van der Waals surface area (Å²) >= 11 is 0. The lowest BCUT2D eigenvalue weighted by molar-refractivity contribution is -0.138. The molecule has 1 aromatic carbocycles. The Morgan fingerprint density at radius 3 is 2.58 bits per heavy atom. The van der Waals surface area contributed by atoms with Gasteiger partial charge in [-0.3, -0.25) is 14.5 Å². The molecule has 0 spiro atoms. The zero-order chi connectivity index (χ0) is 18.4. The predicted octanol–water partition coefficient (Wildman–Crippen LogP) is 0.584. The minimum absolute atomic E-state index is 0.0351. The SMILES string of the molecule is CC(=O)N(CCc1ccccc1)CC(=O)N1CCC(N2CCNCC2)C1. The van der Waals surface area contributed by atoms with E-state index in [4.69, 9.17) is 0 Å². The van der Waals surface area contributed by atoms with Crippen molar-refractivity contribution in [2.75, 3.05) is 52.4 Å². The Bertz CT molecular complexity index is 601. The van der Waals surface area contributed by atoms with Gasteiger partial charge in [-0.2, -0.15) is 0 Å². The van der Waals surface area contributed by atoms with Crippen LogP contribution in [-0.2, 0) is 16.0 Å². The highest BCUT2D eigenvalue weighted by molar-refractivity contribution is 5.84. The molecule has 0 aliphatic carbocycles. The number of piperazine rings is 1. The summed E-state index contributed by atoms with van der Waals surface area (Å²) in [6.45, 7) is 8.10.